The van der Waals surface area contributed by atoms with Gasteiger partial charge in [-0.05, 0) is 67.5 Å². The van der Waals surface area contributed by atoms with E-state index in [4.69, 9.17) is 0 Å². The van der Waals surface area contributed by atoms with Crippen molar-refractivity contribution in [3.63, 3.8) is 0 Å². The number of nitrogens with zero attached hydrogens (tertiary/aromatic N) is 4. The van der Waals surface area contributed by atoms with Crippen molar-refractivity contribution in [2.24, 2.45) is 20.0 Å². The normalized spacial score (nSPS) is 14.7. The molecule has 42 heavy (non-hydrogen) atoms. The standard InChI is InChI=1S/C30H34N4O8/c1-15(35)23(16(2)36)11-31-27-9-29(33-13-25(19(5)39)20(6)40)30(34-14-26(21(7)41)22(8)42)10-28(27)32-12-24(17(3)37)18(4)38/h9-14,35,37,39,41H,1-8H3/b23-15-,24-17+,25-19+,26-21+,31-11?,32-12?,33-13?,34-14?. The number of aliphatic imine (C=N–C) groups is 4. The molecule has 0 aromatic heterocycles. The van der Waals surface area contributed by atoms with Gasteiger partial charge in [0.1, 0.15) is 23.0 Å². The zero-order chi connectivity index (χ0) is 32.3. The second kappa shape index (κ2) is 15.5. The van der Waals surface area contributed by atoms with Gasteiger partial charge in [0.15, 0.2) is 23.1 Å². The average Bonchev–Trinajstić information content (AvgIpc) is 2.84. The summed E-state index contributed by atoms with van der Waals surface area (Å²) in [7, 11) is 0. The Morgan fingerprint density at radius 3 is 0.714 bits per heavy atom. The molecular formula is C30H34N4O8. The molecule has 4 N–H and O–H groups in total. The topological polar surface area (TPSA) is 199 Å². The van der Waals surface area contributed by atoms with E-state index >= 15 is 0 Å². The summed E-state index contributed by atoms with van der Waals surface area (Å²) < 4.78 is 0. The van der Waals surface area contributed by atoms with Crippen LogP contribution in [0, 0.1) is 0 Å². The van der Waals surface area contributed by atoms with E-state index in [1.54, 1.807) is 0 Å². The third kappa shape index (κ3) is 10.0. The summed E-state index contributed by atoms with van der Waals surface area (Å²) in [5, 5.41) is 39.6. The van der Waals surface area contributed by atoms with Gasteiger partial charge >= 0.3 is 0 Å². The summed E-state index contributed by atoms with van der Waals surface area (Å²) in [6, 6.07) is 2.71. The highest BCUT2D eigenvalue weighted by atomic mass is 16.3. The Hall–Kier alpha value is -5.26. The predicted octanol–water partition coefficient (Wildman–Crippen LogP) is 6.18. The van der Waals surface area contributed by atoms with Crippen LogP contribution < -0.4 is 0 Å². The van der Waals surface area contributed by atoms with Crippen LogP contribution in [-0.2, 0) is 19.2 Å². The Labute approximate surface area is 243 Å². The minimum Gasteiger partial charge on any atom is -0.512 e. The van der Waals surface area contributed by atoms with Gasteiger partial charge in [0.2, 0.25) is 0 Å². The molecule has 0 bridgehead atoms. The zero-order valence-corrected chi connectivity index (χ0v) is 24.7. The van der Waals surface area contributed by atoms with Crippen LogP contribution in [0.1, 0.15) is 55.4 Å². The van der Waals surface area contributed by atoms with Gasteiger partial charge in [0, 0.05) is 24.9 Å². The van der Waals surface area contributed by atoms with Gasteiger partial charge in [0.05, 0.1) is 45.0 Å². The molecule has 0 saturated carbocycles. The fourth-order valence-corrected chi connectivity index (χ4v) is 3.26. The Morgan fingerprint density at radius 1 is 0.429 bits per heavy atom. The second-order valence-electron chi connectivity index (χ2n) is 9.08. The number of Topliss-reactive ketones (excluding diaryl/α,β-unsaturated/α-hetero) is 4. The highest BCUT2D eigenvalue weighted by molar-refractivity contribution is 6.16. The van der Waals surface area contributed by atoms with Crippen LogP contribution in [0.15, 0.2) is 77.4 Å². The number of carbonyl (C=O) groups is 4. The molecule has 0 heterocycles. The third-order valence-corrected chi connectivity index (χ3v) is 5.48. The summed E-state index contributed by atoms with van der Waals surface area (Å²) in [4.78, 5) is 65.0. The van der Waals surface area contributed by atoms with Crippen LogP contribution in [0.2, 0.25) is 0 Å². The predicted molar refractivity (Wildman–Crippen MR) is 163 cm³/mol. The van der Waals surface area contributed by atoms with Crippen LogP contribution in [-0.4, -0.2) is 68.4 Å². The quantitative estimate of drug-likeness (QED) is 0.128. The summed E-state index contributed by atoms with van der Waals surface area (Å²) in [5.41, 5.74) is -0.146. The first-order valence-electron chi connectivity index (χ1n) is 12.4. The van der Waals surface area contributed by atoms with Crippen molar-refractivity contribution in [1.29, 1.82) is 0 Å². The molecule has 0 aliphatic heterocycles. The maximum Gasteiger partial charge on any atom is 0.164 e. The van der Waals surface area contributed by atoms with E-state index in [9.17, 15) is 39.6 Å². The molecule has 0 aliphatic carbocycles. The fourth-order valence-electron chi connectivity index (χ4n) is 3.26. The minimum atomic E-state index is -0.474. The first-order chi connectivity index (χ1) is 19.5. The Kier molecular flexibility index (Phi) is 12.8. The number of hydrogen-bond acceptors (Lipinski definition) is 12. The van der Waals surface area contributed by atoms with Gasteiger partial charge in [-0.3, -0.25) is 39.1 Å². The molecule has 0 amide bonds. The van der Waals surface area contributed by atoms with Gasteiger partial charge in [-0.2, -0.15) is 0 Å². The van der Waals surface area contributed by atoms with Crippen LogP contribution in [0.4, 0.5) is 22.7 Å². The highest BCUT2D eigenvalue weighted by Gasteiger charge is 2.14. The van der Waals surface area contributed by atoms with Crippen LogP contribution in [0.25, 0.3) is 0 Å². The maximum atomic E-state index is 12.0. The van der Waals surface area contributed by atoms with Crippen LogP contribution >= 0.6 is 0 Å². The van der Waals surface area contributed by atoms with Crippen molar-refractivity contribution in [1.82, 2.24) is 0 Å². The monoisotopic (exact) mass is 578 g/mol. The molecule has 1 rings (SSSR count). The summed E-state index contributed by atoms with van der Waals surface area (Å²) >= 11 is 0. The number of hydrogen-bond donors (Lipinski definition) is 4. The molecule has 0 saturated heterocycles. The van der Waals surface area contributed by atoms with Crippen molar-refractivity contribution in [2.75, 3.05) is 0 Å². The van der Waals surface area contributed by atoms with Gasteiger partial charge in [0.25, 0.3) is 0 Å². The van der Waals surface area contributed by atoms with E-state index in [-0.39, 0.29) is 68.1 Å². The Bertz CT molecular complexity index is 1310. The van der Waals surface area contributed by atoms with Crippen molar-refractivity contribution in [2.45, 2.75) is 55.4 Å². The molecule has 1 aromatic rings. The summed E-state index contributed by atoms with van der Waals surface area (Å²) in [6.45, 7) is 10.2. The number of carbonyl (C=O) groups excluding carboxylic acids is 4. The lowest BCUT2D eigenvalue weighted by Crippen LogP contribution is -2.02. The van der Waals surface area contributed by atoms with Crippen molar-refractivity contribution in [3.8, 4) is 0 Å². The average molecular weight is 579 g/mol. The lowest BCUT2D eigenvalue weighted by atomic mass is 10.1. The minimum absolute atomic E-state index is 0.0607. The third-order valence-electron chi connectivity index (χ3n) is 5.48. The van der Waals surface area contributed by atoms with Gasteiger partial charge < -0.3 is 20.4 Å². The molecule has 0 radical (unpaired) electrons. The number of ketones is 4. The summed E-state index contributed by atoms with van der Waals surface area (Å²) in [5.74, 6) is -3.04. The summed E-state index contributed by atoms with van der Waals surface area (Å²) in [6.07, 6.45) is 4.41. The maximum absolute atomic E-state index is 12.0. The molecule has 0 spiro atoms. The number of aliphatic hydroxyl groups is 4. The Morgan fingerprint density at radius 2 is 0.595 bits per heavy atom. The number of allylic oxidation sites excluding steroid dienone is 8. The van der Waals surface area contributed by atoms with Crippen molar-refractivity contribution in [3.05, 3.63) is 57.5 Å². The molecule has 0 unspecified atom stereocenters. The molecular weight excluding hydrogens is 544 g/mol. The van der Waals surface area contributed by atoms with Gasteiger partial charge in [-0.1, -0.05) is 0 Å². The first-order valence-corrected chi connectivity index (χ1v) is 12.4. The van der Waals surface area contributed by atoms with Crippen LogP contribution in [0.3, 0.4) is 0 Å². The second-order valence-corrected chi connectivity index (χ2v) is 9.08. The molecule has 0 fully saturated rings. The SMILES string of the molecule is CC(=O)/C(C=Nc1cc(N=C/C(C(C)=O)=C(/C)O)c(N=C/C(C(C)=O)=C(/C)O)cc1N=C/C(C(C)=O)=C(/C)O)=C(/C)O. The smallest absolute Gasteiger partial charge is 0.164 e. The van der Waals surface area contributed by atoms with E-state index in [0.29, 0.717) is 0 Å². The lowest BCUT2D eigenvalue weighted by Gasteiger charge is -2.08. The van der Waals surface area contributed by atoms with E-state index in [1.807, 2.05) is 0 Å². The van der Waals surface area contributed by atoms with E-state index < -0.39 is 23.1 Å². The van der Waals surface area contributed by atoms with Gasteiger partial charge in [-0.25, -0.2) is 0 Å². The van der Waals surface area contributed by atoms with Crippen molar-refractivity contribution < 1.29 is 39.6 Å². The van der Waals surface area contributed by atoms with E-state index in [1.165, 1.54) is 67.5 Å². The molecule has 0 atom stereocenters. The van der Waals surface area contributed by atoms with E-state index in [2.05, 4.69) is 20.0 Å². The molecule has 12 nitrogen and oxygen atoms in total. The van der Waals surface area contributed by atoms with Crippen LogP contribution in [0.5, 0.6) is 0 Å². The van der Waals surface area contributed by atoms with Crippen molar-refractivity contribution >= 4 is 70.7 Å². The number of benzene rings is 1. The fraction of sp³-hybridized carbons (Fsp3) is 0.267. The van der Waals surface area contributed by atoms with Gasteiger partial charge in [-0.15, -0.1) is 0 Å². The number of rotatable bonds is 12. The molecule has 0 aliphatic rings. The molecule has 12 heteroatoms. The molecule has 1 aromatic carbocycles. The lowest BCUT2D eigenvalue weighted by molar-refractivity contribution is -0.114. The number of aliphatic hydroxyl groups excluding tert-OH is 4. The largest absolute Gasteiger partial charge is 0.512 e. The highest BCUT2D eigenvalue weighted by Crippen LogP contribution is 2.40. The molecule has 222 valence electrons. The Balaban J connectivity index is 4.20. The van der Waals surface area contributed by atoms with E-state index in [0.717, 1.165) is 24.9 Å². The first kappa shape index (κ1) is 34.8. The zero-order valence-electron chi connectivity index (χ0n) is 24.7.